The van der Waals surface area contributed by atoms with Crippen LogP contribution in [0.1, 0.15) is 32.7 Å². The number of hydrogen-bond acceptors (Lipinski definition) is 4. The van der Waals surface area contributed by atoms with Crippen molar-refractivity contribution >= 4 is 17.3 Å². The summed E-state index contributed by atoms with van der Waals surface area (Å²) in [5.74, 6) is 0.595. The van der Waals surface area contributed by atoms with E-state index in [1.807, 2.05) is 25.8 Å². The second-order valence-electron chi connectivity index (χ2n) is 5.78. The number of nitrogens with zero attached hydrogens (tertiary/aromatic N) is 3. The summed E-state index contributed by atoms with van der Waals surface area (Å²) in [4.78, 5) is 14.2. The normalized spacial score (nSPS) is 19.4. The number of halogens is 1. The van der Waals surface area contributed by atoms with Crippen molar-refractivity contribution in [2.24, 2.45) is 5.92 Å². The van der Waals surface area contributed by atoms with E-state index >= 15 is 0 Å². The Balaban J connectivity index is 2.15. The highest BCUT2D eigenvalue weighted by atomic mass is 35.5. The summed E-state index contributed by atoms with van der Waals surface area (Å²) in [5, 5.41) is 7.88. The van der Waals surface area contributed by atoms with Crippen LogP contribution in [0.25, 0.3) is 0 Å². The lowest BCUT2D eigenvalue weighted by Crippen LogP contribution is -2.37. The van der Waals surface area contributed by atoms with Crippen LogP contribution in [0.5, 0.6) is 0 Å². The molecule has 2 rings (SSSR count). The van der Waals surface area contributed by atoms with Gasteiger partial charge in [-0.2, -0.15) is 5.10 Å². The van der Waals surface area contributed by atoms with Gasteiger partial charge in [0.2, 0.25) is 0 Å². The average molecular weight is 299 g/mol. The van der Waals surface area contributed by atoms with Crippen molar-refractivity contribution in [3.8, 4) is 0 Å². The Hall–Kier alpha value is -1.07. The van der Waals surface area contributed by atoms with Gasteiger partial charge in [-0.3, -0.25) is 4.79 Å². The minimum Gasteiger partial charge on any atom is -0.372 e. The van der Waals surface area contributed by atoms with Crippen LogP contribution >= 0.6 is 11.6 Å². The van der Waals surface area contributed by atoms with Crippen molar-refractivity contribution < 1.29 is 0 Å². The van der Waals surface area contributed by atoms with E-state index in [0.717, 1.165) is 25.3 Å². The molecule has 1 aliphatic rings. The number of rotatable bonds is 4. The summed E-state index contributed by atoms with van der Waals surface area (Å²) < 4.78 is 1.42. The quantitative estimate of drug-likeness (QED) is 0.922. The monoisotopic (exact) mass is 298 g/mol. The van der Waals surface area contributed by atoms with Gasteiger partial charge in [-0.1, -0.05) is 11.6 Å². The molecule has 1 aromatic rings. The Morgan fingerprint density at radius 3 is 2.95 bits per heavy atom. The van der Waals surface area contributed by atoms with E-state index in [-0.39, 0.29) is 16.6 Å². The summed E-state index contributed by atoms with van der Waals surface area (Å²) in [7, 11) is 1.97. The molecular weight excluding hydrogens is 276 g/mol. The third kappa shape index (κ3) is 3.33. The fraction of sp³-hybridized carbons (Fsp3) is 0.714. The molecule has 1 unspecified atom stereocenters. The van der Waals surface area contributed by atoms with Gasteiger partial charge in [-0.15, -0.1) is 0 Å². The molecule has 0 aliphatic carbocycles. The number of aromatic nitrogens is 2. The minimum absolute atomic E-state index is 0.0156. The number of anilines is 1. The molecule has 112 valence electrons. The van der Waals surface area contributed by atoms with E-state index in [4.69, 9.17) is 11.6 Å². The molecular formula is C14H23ClN4O. The van der Waals surface area contributed by atoms with Gasteiger partial charge in [-0.05, 0) is 45.7 Å². The zero-order valence-electron chi connectivity index (χ0n) is 12.4. The molecule has 0 amide bonds. The third-order valence-electron chi connectivity index (χ3n) is 3.76. The Kier molecular flexibility index (Phi) is 5.05. The van der Waals surface area contributed by atoms with Crippen molar-refractivity contribution in [2.45, 2.75) is 32.7 Å². The lowest BCUT2D eigenvalue weighted by Gasteiger charge is -2.29. The maximum absolute atomic E-state index is 12.2. The lowest BCUT2D eigenvalue weighted by atomic mass is 9.99. The van der Waals surface area contributed by atoms with Crippen molar-refractivity contribution in [3.63, 3.8) is 0 Å². The predicted octanol–water partition coefficient (Wildman–Crippen LogP) is 1.91. The fourth-order valence-corrected chi connectivity index (χ4v) is 2.92. The number of hydrogen-bond donors (Lipinski definition) is 1. The summed E-state index contributed by atoms with van der Waals surface area (Å²) in [5.41, 5.74) is 0.506. The average Bonchev–Trinajstić information content (AvgIpc) is 2.42. The molecule has 1 fully saturated rings. The Morgan fingerprint density at radius 2 is 2.35 bits per heavy atom. The molecule has 1 aliphatic heterocycles. The summed E-state index contributed by atoms with van der Waals surface area (Å²) in [6.45, 7) is 6.86. The molecule has 20 heavy (non-hydrogen) atoms. The van der Waals surface area contributed by atoms with Gasteiger partial charge in [0.05, 0.1) is 17.9 Å². The second-order valence-corrected chi connectivity index (χ2v) is 6.16. The fourth-order valence-electron chi connectivity index (χ4n) is 2.64. The zero-order valence-corrected chi connectivity index (χ0v) is 13.2. The van der Waals surface area contributed by atoms with Crippen LogP contribution < -0.4 is 15.8 Å². The molecule has 1 atom stereocenters. The molecule has 0 saturated carbocycles. The maximum Gasteiger partial charge on any atom is 0.287 e. The van der Waals surface area contributed by atoms with Crippen LogP contribution in [0.2, 0.25) is 5.02 Å². The van der Waals surface area contributed by atoms with Gasteiger partial charge >= 0.3 is 0 Å². The SMILES string of the molecule is CC(C)n1ncc(N(C)CC2CCCNC2)c(Cl)c1=O. The van der Waals surface area contributed by atoms with E-state index in [1.54, 1.807) is 6.20 Å². The van der Waals surface area contributed by atoms with E-state index in [0.29, 0.717) is 5.92 Å². The van der Waals surface area contributed by atoms with E-state index in [2.05, 4.69) is 10.4 Å². The lowest BCUT2D eigenvalue weighted by molar-refractivity contribution is 0.381. The summed E-state index contributed by atoms with van der Waals surface area (Å²) >= 11 is 6.22. The highest BCUT2D eigenvalue weighted by Crippen LogP contribution is 2.22. The predicted molar refractivity (Wildman–Crippen MR) is 82.8 cm³/mol. The Bertz CT molecular complexity index is 508. The molecule has 0 radical (unpaired) electrons. The largest absolute Gasteiger partial charge is 0.372 e. The second kappa shape index (κ2) is 6.59. The smallest absolute Gasteiger partial charge is 0.287 e. The van der Waals surface area contributed by atoms with Gasteiger partial charge in [0, 0.05) is 13.6 Å². The standard InChI is InChI=1S/C14H23ClN4O/c1-10(2)19-14(20)13(15)12(8-17-19)18(3)9-11-5-4-6-16-7-11/h8,10-11,16H,4-7,9H2,1-3H3. The van der Waals surface area contributed by atoms with Gasteiger partial charge in [0.15, 0.2) is 0 Å². The molecule has 6 heteroatoms. The Labute approximate surface area is 124 Å². The van der Waals surface area contributed by atoms with Crippen LogP contribution in [0.4, 0.5) is 5.69 Å². The number of piperidine rings is 1. The molecule has 1 saturated heterocycles. The summed E-state index contributed by atoms with van der Waals surface area (Å²) in [6, 6.07) is 0.0156. The topological polar surface area (TPSA) is 50.2 Å². The van der Waals surface area contributed by atoms with Crippen molar-refractivity contribution in [1.82, 2.24) is 15.1 Å². The molecule has 2 heterocycles. The van der Waals surface area contributed by atoms with E-state index in [1.165, 1.54) is 17.5 Å². The van der Waals surface area contributed by atoms with Gasteiger partial charge in [-0.25, -0.2) is 4.68 Å². The first-order valence-electron chi connectivity index (χ1n) is 7.20. The number of nitrogens with one attached hydrogen (secondary N) is 1. The van der Waals surface area contributed by atoms with Gasteiger partial charge < -0.3 is 10.2 Å². The summed E-state index contributed by atoms with van der Waals surface area (Å²) in [6.07, 6.45) is 4.12. The van der Waals surface area contributed by atoms with Gasteiger partial charge in [0.1, 0.15) is 5.02 Å². The molecule has 0 bridgehead atoms. The van der Waals surface area contributed by atoms with Crippen molar-refractivity contribution in [3.05, 3.63) is 21.6 Å². The van der Waals surface area contributed by atoms with Crippen LogP contribution in [0, 0.1) is 5.92 Å². The molecule has 5 nitrogen and oxygen atoms in total. The van der Waals surface area contributed by atoms with E-state index < -0.39 is 0 Å². The highest BCUT2D eigenvalue weighted by Gasteiger charge is 2.19. The first-order chi connectivity index (χ1) is 9.50. The molecule has 1 N–H and O–H groups in total. The third-order valence-corrected chi connectivity index (χ3v) is 4.11. The molecule has 0 aromatic carbocycles. The Morgan fingerprint density at radius 1 is 1.60 bits per heavy atom. The van der Waals surface area contributed by atoms with Crippen LogP contribution in [0.3, 0.4) is 0 Å². The van der Waals surface area contributed by atoms with Crippen LogP contribution in [0.15, 0.2) is 11.0 Å². The van der Waals surface area contributed by atoms with Gasteiger partial charge in [0.25, 0.3) is 5.56 Å². The van der Waals surface area contributed by atoms with Crippen molar-refractivity contribution in [1.29, 1.82) is 0 Å². The first-order valence-corrected chi connectivity index (χ1v) is 7.57. The van der Waals surface area contributed by atoms with Crippen LogP contribution in [-0.2, 0) is 0 Å². The minimum atomic E-state index is -0.215. The first kappa shape index (κ1) is 15.3. The highest BCUT2D eigenvalue weighted by molar-refractivity contribution is 6.33. The molecule has 0 spiro atoms. The van der Waals surface area contributed by atoms with Crippen LogP contribution in [-0.4, -0.2) is 36.5 Å². The molecule has 1 aromatic heterocycles. The maximum atomic E-state index is 12.2. The zero-order chi connectivity index (χ0) is 14.7. The van der Waals surface area contributed by atoms with E-state index in [9.17, 15) is 4.79 Å². The van der Waals surface area contributed by atoms with Crippen molar-refractivity contribution in [2.75, 3.05) is 31.6 Å².